The second kappa shape index (κ2) is 11.9. The Morgan fingerprint density at radius 3 is 2.43 bits per heavy atom. The lowest BCUT2D eigenvalue weighted by Gasteiger charge is -2.28. The van der Waals surface area contributed by atoms with Gasteiger partial charge in [-0.15, -0.1) is 12.4 Å². The monoisotopic (exact) mass is 363 g/mol. The standard InChI is InChI=1S/C13H24F3N3O3.ClH/c14-13(15,16)11-22-10-8-18(7-9-20)4-1-12(21)19-5-2-17-3-6-19;/h17,20H,1-11H2;1H. The SMILES string of the molecule is Cl.O=C(CCN(CCO)CCOCC(F)(F)F)N1CCNCC1. The lowest BCUT2D eigenvalue weighted by molar-refractivity contribution is -0.174. The summed E-state index contributed by atoms with van der Waals surface area (Å²) in [5.41, 5.74) is 0. The Hall–Kier alpha value is -0.610. The molecule has 1 rings (SSSR count). The molecule has 1 aliphatic rings. The van der Waals surface area contributed by atoms with E-state index in [9.17, 15) is 18.0 Å². The highest BCUT2D eigenvalue weighted by Gasteiger charge is 2.27. The Labute approximate surface area is 140 Å². The van der Waals surface area contributed by atoms with Crippen molar-refractivity contribution >= 4 is 18.3 Å². The molecule has 0 aromatic rings. The Morgan fingerprint density at radius 2 is 1.87 bits per heavy atom. The van der Waals surface area contributed by atoms with Gasteiger partial charge < -0.3 is 20.1 Å². The maximum absolute atomic E-state index is 12.0. The highest BCUT2D eigenvalue weighted by molar-refractivity contribution is 5.85. The van der Waals surface area contributed by atoms with Crippen LogP contribution in [0.5, 0.6) is 0 Å². The molecule has 23 heavy (non-hydrogen) atoms. The fraction of sp³-hybridized carbons (Fsp3) is 0.923. The first-order valence-corrected chi connectivity index (χ1v) is 7.38. The highest BCUT2D eigenvalue weighted by Crippen LogP contribution is 2.14. The number of carbonyl (C=O) groups is 1. The van der Waals surface area contributed by atoms with Crippen molar-refractivity contribution in [2.24, 2.45) is 0 Å². The summed E-state index contributed by atoms with van der Waals surface area (Å²) in [4.78, 5) is 15.5. The molecule has 0 aromatic heterocycles. The Kier molecular flexibility index (Phi) is 11.5. The average Bonchev–Trinajstić information content (AvgIpc) is 2.48. The highest BCUT2D eigenvalue weighted by atomic mass is 35.5. The molecular formula is C13H25ClF3N3O3. The van der Waals surface area contributed by atoms with Crippen LogP contribution in [0.15, 0.2) is 0 Å². The molecule has 1 fully saturated rings. The van der Waals surface area contributed by atoms with E-state index in [4.69, 9.17) is 5.11 Å². The van der Waals surface area contributed by atoms with E-state index < -0.39 is 12.8 Å². The number of nitrogens with zero attached hydrogens (tertiary/aromatic N) is 2. The van der Waals surface area contributed by atoms with E-state index in [0.717, 1.165) is 13.1 Å². The quantitative estimate of drug-likeness (QED) is 0.569. The molecule has 1 amide bonds. The van der Waals surface area contributed by atoms with Crippen LogP contribution in [0.1, 0.15) is 6.42 Å². The van der Waals surface area contributed by atoms with Crippen LogP contribution in [0.2, 0.25) is 0 Å². The average molecular weight is 364 g/mol. The Morgan fingerprint density at radius 1 is 1.22 bits per heavy atom. The number of rotatable bonds is 9. The Balaban J connectivity index is 0.00000484. The van der Waals surface area contributed by atoms with Crippen LogP contribution >= 0.6 is 12.4 Å². The van der Waals surface area contributed by atoms with Gasteiger partial charge in [-0.05, 0) is 0 Å². The zero-order chi connectivity index (χ0) is 16.4. The summed E-state index contributed by atoms with van der Waals surface area (Å²) in [5.74, 6) is 0.0284. The summed E-state index contributed by atoms with van der Waals surface area (Å²) >= 11 is 0. The van der Waals surface area contributed by atoms with Crippen molar-refractivity contribution in [2.45, 2.75) is 12.6 Å². The summed E-state index contributed by atoms with van der Waals surface area (Å²) in [6.07, 6.45) is -4.04. The minimum Gasteiger partial charge on any atom is -0.395 e. The first kappa shape index (κ1) is 22.4. The van der Waals surface area contributed by atoms with E-state index in [2.05, 4.69) is 10.1 Å². The van der Waals surface area contributed by atoms with E-state index in [1.807, 2.05) is 0 Å². The number of nitrogens with one attached hydrogen (secondary N) is 1. The van der Waals surface area contributed by atoms with Crippen molar-refractivity contribution in [1.29, 1.82) is 0 Å². The molecule has 6 nitrogen and oxygen atoms in total. The molecular weight excluding hydrogens is 339 g/mol. The van der Waals surface area contributed by atoms with Gasteiger partial charge in [-0.3, -0.25) is 9.69 Å². The van der Waals surface area contributed by atoms with Crippen LogP contribution < -0.4 is 5.32 Å². The number of aliphatic hydroxyl groups excluding tert-OH is 1. The number of amides is 1. The van der Waals surface area contributed by atoms with Crippen LogP contribution in [0, 0.1) is 0 Å². The smallest absolute Gasteiger partial charge is 0.395 e. The van der Waals surface area contributed by atoms with Gasteiger partial charge in [0.2, 0.25) is 5.91 Å². The largest absolute Gasteiger partial charge is 0.411 e. The summed E-state index contributed by atoms with van der Waals surface area (Å²) in [6, 6.07) is 0. The van der Waals surface area contributed by atoms with E-state index in [1.165, 1.54) is 0 Å². The molecule has 10 heteroatoms. The van der Waals surface area contributed by atoms with Crippen molar-refractivity contribution < 1.29 is 27.8 Å². The minimum atomic E-state index is -4.33. The lowest BCUT2D eigenvalue weighted by atomic mass is 10.3. The molecule has 0 radical (unpaired) electrons. The third kappa shape index (κ3) is 10.7. The lowest BCUT2D eigenvalue weighted by Crippen LogP contribution is -2.47. The molecule has 1 aliphatic heterocycles. The minimum absolute atomic E-state index is 0. The van der Waals surface area contributed by atoms with Crippen molar-refractivity contribution in [3.8, 4) is 0 Å². The van der Waals surface area contributed by atoms with Crippen molar-refractivity contribution in [3.63, 3.8) is 0 Å². The molecule has 138 valence electrons. The second-order valence-corrected chi connectivity index (χ2v) is 5.11. The van der Waals surface area contributed by atoms with Gasteiger partial charge >= 0.3 is 6.18 Å². The predicted octanol–water partition coefficient (Wildman–Crippen LogP) is 0.103. The van der Waals surface area contributed by atoms with Gasteiger partial charge in [0.05, 0.1) is 13.2 Å². The molecule has 0 spiro atoms. The number of hydrogen-bond acceptors (Lipinski definition) is 5. The van der Waals surface area contributed by atoms with Gasteiger partial charge in [0.25, 0.3) is 0 Å². The number of hydrogen-bond donors (Lipinski definition) is 2. The first-order chi connectivity index (χ1) is 10.4. The van der Waals surface area contributed by atoms with E-state index in [0.29, 0.717) is 32.6 Å². The normalized spacial score (nSPS) is 15.6. The molecule has 0 bridgehead atoms. The van der Waals surface area contributed by atoms with Gasteiger partial charge in [-0.2, -0.15) is 13.2 Å². The number of piperazine rings is 1. The topological polar surface area (TPSA) is 65.0 Å². The van der Waals surface area contributed by atoms with Crippen LogP contribution in [0.25, 0.3) is 0 Å². The third-order valence-corrected chi connectivity index (χ3v) is 3.35. The van der Waals surface area contributed by atoms with Gasteiger partial charge in [0.15, 0.2) is 0 Å². The molecule has 0 aliphatic carbocycles. The maximum Gasteiger partial charge on any atom is 0.411 e. The number of ether oxygens (including phenoxy) is 1. The molecule has 0 saturated carbocycles. The molecule has 0 unspecified atom stereocenters. The fourth-order valence-electron chi connectivity index (χ4n) is 2.18. The van der Waals surface area contributed by atoms with Crippen molar-refractivity contribution in [1.82, 2.24) is 15.1 Å². The van der Waals surface area contributed by atoms with E-state index >= 15 is 0 Å². The van der Waals surface area contributed by atoms with Gasteiger partial charge in [-0.1, -0.05) is 0 Å². The van der Waals surface area contributed by atoms with Gasteiger partial charge in [-0.25, -0.2) is 0 Å². The fourth-order valence-corrected chi connectivity index (χ4v) is 2.18. The summed E-state index contributed by atoms with van der Waals surface area (Å²) in [6.45, 7) is 2.40. The number of carbonyl (C=O) groups excluding carboxylic acids is 1. The van der Waals surface area contributed by atoms with Crippen molar-refractivity contribution in [2.75, 3.05) is 65.6 Å². The molecule has 2 N–H and O–H groups in total. The summed E-state index contributed by atoms with van der Waals surface area (Å²) in [5, 5.41) is 12.1. The van der Waals surface area contributed by atoms with Gasteiger partial charge in [0, 0.05) is 52.2 Å². The molecule has 0 atom stereocenters. The first-order valence-electron chi connectivity index (χ1n) is 7.38. The predicted molar refractivity (Wildman–Crippen MR) is 81.7 cm³/mol. The second-order valence-electron chi connectivity index (χ2n) is 5.11. The number of aliphatic hydroxyl groups is 1. The van der Waals surface area contributed by atoms with Gasteiger partial charge in [0.1, 0.15) is 6.61 Å². The summed E-state index contributed by atoms with van der Waals surface area (Å²) < 4.78 is 40.4. The van der Waals surface area contributed by atoms with Crippen molar-refractivity contribution in [3.05, 3.63) is 0 Å². The van der Waals surface area contributed by atoms with E-state index in [1.54, 1.807) is 9.80 Å². The Bertz CT molecular complexity index is 329. The number of alkyl halides is 3. The third-order valence-electron chi connectivity index (χ3n) is 3.35. The number of halogens is 4. The maximum atomic E-state index is 12.0. The van der Waals surface area contributed by atoms with Crippen LogP contribution in [-0.4, -0.2) is 92.6 Å². The molecule has 1 saturated heterocycles. The van der Waals surface area contributed by atoms with Crippen LogP contribution in [0.3, 0.4) is 0 Å². The zero-order valence-electron chi connectivity index (χ0n) is 13.0. The van der Waals surface area contributed by atoms with Crippen LogP contribution in [0.4, 0.5) is 13.2 Å². The van der Waals surface area contributed by atoms with Crippen LogP contribution in [-0.2, 0) is 9.53 Å². The molecule has 1 heterocycles. The summed E-state index contributed by atoms with van der Waals surface area (Å²) in [7, 11) is 0. The molecule has 0 aromatic carbocycles. The van der Waals surface area contributed by atoms with E-state index in [-0.39, 0.29) is 38.1 Å². The zero-order valence-corrected chi connectivity index (χ0v) is 13.8.